The molecule has 2 aromatic heterocycles. The highest BCUT2D eigenvalue weighted by atomic mass is 32.1. The Hall–Kier alpha value is -2.54. The van der Waals surface area contributed by atoms with Crippen molar-refractivity contribution in [2.75, 3.05) is 5.73 Å². The lowest BCUT2D eigenvalue weighted by Crippen LogP contribution is -2.28. The summed E-state index contributed by atoms with van der Waals surface area (Å²) in [6.07, 6.45) is 0. The zero-order valence-corrected chi connectivity index (χ0v) is 14.9. The molecule has 0 saturated heterocycles. The molecule has 0 aliphatic carbocycles. The molecular weight excluding hydrogens is 322 g/mol. The third-order valence-electron chi connectivity index (χ3n) is 4.03. The van der Waals surface area contributed by atoms with Crippen LogP contribution in [0.4, 0.5) is 5.13 Å². The van der Waals surface area contributed by atoms with Gasteiger partial charge in [0.2, 0.25) is 5.13 Å². The van der Waals surface area contributed by atoms with Gasteiger partial charge in [0.1, 0.15) is 5.01 Å². The second kappa shape index (κ2) is 6.16. The molecule has 3 rings (SSSR count). The molecule has 0 aliphatic heterocycles. The largest absolute Gasteiger partial charge is 0.374 e. The van der Waals surface area contributed by atoms with Gasteiger partial charge in [-0.2, -0.15) is 0 Å². The summed E-state index contributed by atoms with van der Waals surface area (Å²) in [5, 5.41) is 12.7. The van der Waals surface area contributed by atoms with Crippen LogP contribution in [0.1, 0.15) is 45.2 Å². The van der Waals surface area contributed by atoms with Crippen LogP contribution in [0.2, 0.25) is 0 Å². The molecule has 6 nitrogen and oxygen atoms in total. The summed E-state index contributed by atoms with van der Waals surface area (Å²) in [5.41, 5.74) is 9.92. The van der Waals surface area contributed by atoms with E-state index < -0.39 is 0 Å². The fourth-order valence-corrected chi connectivity index (χ4v) is 3.25. The fourth-order valence-electron chi connectivity index (χ4n) is 2.64. The topological polar surface area (TPSA) is 93.8 Å². The van der Waals surface area contributed by atoms with Gasteiger partial charge in [0.25, 0.3) is 5.91 Å². The number of aryl methyl sites for hydroxylation is 2. The number of carbonyl (C=O) groups excluding carboxylic acids is 1. The number of nitrogens with two attached hydrogens (primary N) is 1. The Kier molecular flexibility index (Phi) is 4.19. The number of pyridine rings is 1. The van der Waals surface area contributed by atoms with Gasteiger partial charge in [-0.1, -0.05) is 23.0 Å². The lowest BCUT2D eigenvalue weighted by molar-refractivity contribution is 0.0940. The number of anilines is 1. The number of fused-ring (bicyclic) bond motifs is 1. The van der Waals surface area contributed by atoms with E-state index in [2.05, 4.69) is 20.5 Å². The molecule has 124 valence electrons. The van der Waals surface area contributed by atoms with Crippen molar-refractivity contribution in [3.63, 3.8) is 0 Å². The first-order chi connectivity index (χ1) is 11.4. The van der Waals surface area contributed by atoms with Crippen molar-refractivity contribution in [1.82, 2.24) is 20.5 Å². The quantitative estimate of drug-likeness (QED) is 0.763. The zero-order chi connectivity index (χ0) is 17.4. The van der Waals surface area contributed by atoms with Crippen LogP contribution in [0.3, 0.4) is 0 Å². The highest BCUT2D eigenvalue weighted by molar-refractivity contribution is 7.15. The summed E-state index contributed by atoms with van der Waals surface area (Å²) < 4.78 is 0. The summed E-state index contributed by atoms with van der Waals surface area (Å²) >= 11 is 1.27. The average Bonchev–Trinajstić information content (AvgIpc) is 2.95. The minimum atomic E-state index is -0.264. The van der Waals surface area contributed by atoms with Crippen molar-refractivity contribution in [2.24, 2.45) is 0 Å². The van der Waals surface area contributed by atoms with Crippen molar-refractivity contribution in [3.8, 4) is 0 Å². The van der Waals surface area contributed by atoms with Crippen molar-refractivity contribution >= 4 is 33.3 Å². The van der Waals surface area contributed by atoms with Crippen molar-refractivity contribution in [1.29, 1.82) is 0 Å². The Labute approximate surface area is 144 Å². The number of nitrogens with zero attached hydrogens (tertiary/aromatic N) is 3. The minimum absolute atomic E-state index is 0.144. The van der Waals surface area contributed by atoms with Crippen LogP contribution in [0, 0.1) is 20.8 Å². The molecule has 0 radical (unpaired) electrons. The first-order valence-corrected chi connectivity index (χ1v) is 8.45. The standard InChI is InChI=1S/C17H19N5OS/c1-8-5-6-13-12(7-8)14(9(2)10(3)19-13)15(23)20-11(4)16-21-22-17(18)24-16/h5-7,11H,1-4H3,(H2,18,22)(H,20,23). The van der Waals surface area contributed by atoms with Gasteiger partial charge in [0.05, 0.1) is 17.1 Å². The number of rotatable bonds is 3. The highest BCUT2D eigenvalue weighted by Crippen LogP contribution is 2.25. The maximum atomic E-state index is 12.9. The number of carbonyl (C=O) groups is 1. The Morgan fingerprint density at radius 1 is 1.25 bits per heavy atom. The van der Waals surface area contributed by atoms with Crippen LogP contribution in [0.25, 0.3) is 10.9 Å². The van der Waals surface area contributed by atoms with Crippen LogP contribution >= 0.6 is 11.3 Å². The number of hydrogen-bond acceptors (Lipinski definition) is 6. The summed E-state index contributed by atoms with van der Waals surface area (Å²) in [6.45, 7) is 7.71. The molecule has 2 heterocycles. The summed E-state index contributed by atoms with van der Waals surface area (Å²) in [5.74, 6) is -0.144. The van der Waals surface area contributed by atoms with Gasteiger partial charge >= 0.3 is 0 Å². The SMILES string of the molecule is Cc1ccc2nc(C)c(C)c(C(=O)NC(C)c3nnc(N)s3)c2c1. The summed E-state index contributed by atoms with van der Waals surface area (Å²) in [4.78, 5) is 17.5. The van der Waals surface area contributed by atoms with Crippen molar-refractivity contribution in [2.45, 2.75) is 33.7 Å². The maximum absolute atomic E-state index is 12.9. The predicted molar refractivity (Wildman–Crippen MR) is 96.2 cm³/mol. The minimum Gasteiger partial charge on any atom is -0.374 e. The maximum Gasteiger partial charge on any atom is 0.252 e. The molecule has 1 aromatic carbocycles. The Bertz CT molecular complexity index is 934. The number of hydrogen-bond donors (Lipinski definition) is 2. The van der Waals surface area contributed by atoms with E-state index in [0.29, 0.717) is 15.7 Å². The van der Waals surface area contributed by atoms with Gasteiger partial charge in [0.15, 0.2) is 0 Å². The Morgan fingerprint density at radius 3 is 2.67 bits per heavy atom. The van der Waals surface area contributed by atoms with E-state index in [1.54, 1.807) is 0 Å². The number of nitrogen functional groups attached to an aromatic ring is 1. The first-order valence-electron chi connectivity index (χ1n) is 7.64. The third kappa shape index (κ3) is 2.94. The van der Waals surface area contributed by atoms with Crippen LogP contribution in [0.15, 0.2) is 18.2 Å². The second-order valence-corrected chi connectivity index (χ2v) is 6.93. The molecule has 1 amide bonds. The lowest BCUT2D eigenvalue weighted by atomic mass is 9.99. The smallest absolute Gasteiger partial charge is 0.252 e. The van der Waals surface area contributed by atoms with Gasteiger partial charge in [0, 0.05) is 11.1 Å². The predicted octanol–water partition coefficient (Wildman–Crippen LogP) is 3.08. The monoisotopic (exact) mass is 341 g/mol. The highest BCUT2D eigenvalue weighted by Gasteiger charge is 2.20. The third-order valence-corrected chi connectivity index (χ3v) is 4.96. The molecule has 1 unspecified atom stereocenters. The second-order valence-electron chi connectivity index (χ2n) is 5.89. The molecule has 3 N–H and O–H groups in total. The molecule has 0 spiro atoms. The number of benzene rings is 1. The summed E-state index contributed by atoms with van der Waals surface area (Å²) in [6, 6.07) is 5.68. The first kappa shape index (κ1) is 16.3. The van der Waals surface area contributed by atoms with Crippen LogP contribution in [-0.4, -0.2) is 21.1 Å². The van der Waals surface area contributed by atoms with E-state index in [9.17, 15) is 4.79 Å². The molecule has 0 saturated carbocycles. The van der Waals surface area contributed by atoms with E-state index in [1.807, 2.05) is 45.9 Å². The summed E-state index contributed by atoms with van der Waals surface area (Å²) in [7, 11) is 0. The molecule has 3 aromatic rings. The van der Waals surface area contributed by atoms with Crippen molar-refractivity contribution < 1.29 is 4.79 Å². The normalized spacial score (nSPS) is 12.3. The van der Waals surface area contributed by atoms with Crippen LogP contribution in [0.5, 0.6) is 0 Å². The van der Waals surface area contributed by atoms with E-state index in [0.717, 1.165) is 27.7 Å². The van der Waals surface area contributed by atoms with Gasteiger partial charge < -0.3 is 11.1 Å². The lowest BCUT2D eigenvalue weighted by Gasteiger charge is -2.15. The Balaban J connectivity index is 2.02. The average molecular weight is 341 g/mol. The molecule has 0 aliphatic rings. The van der Waals surface area contributed by atoms with Crippen molar-refractivity contribution in [3.05, 3.63) is 45.6 Å². The van der Waals surface area contributed by atoms with E-state index in [4.69, 9.17) is 5.73 Å². The molecule has 0 fully saturated rings. The van der Waals surface area contributed by atoms with Gasteiger partial charge in [-0.05, 0) is 45.4 Å². The zero-order valence-electron chi connectivity index (χ0n) is 14.0. The van der Waals surface area contributed by atoms with E-state index in [-0.39, 0.29) is 11.9 Å². The molecule has 1 atom stereocenters. The van der Waals surface area contributed by atoms with Gasteiger partial charge in [-0.3, -0.25) is 9.78 Å². The number of amides is 1. The molecule has 7 heteroatoms. The number of aromatic nitrogens is 3. The molecule has 0 bridgehead atoms. The van der Waals surface area contributed by atoms with E-state index in [1.165, 1.54) is 11.3 Å². The van der Waals surface area contributed by atoms with E-state index >= 15 is 0 Å². The fraction of sp³-hybridized carbons (Fsp3) is 0.294. The number of nitrogens with one attached hydrogen (secondary N) is 1. The van der Waals surface area contributed by atoms with Crippen LogP contribution in [-0.2, 0) is 0 Å². The van der Waals surface area contributed by atoms with Gasteiger partial charge in [-0.25, -0.2) is 0 Å². The molecular formula is C17H19N5OS. The van der Waals surface area contributed by atoms with Gasteiger partial charge in [-0.15, -0.1) is 10.2 Å². The van der Waals surface area contributed by atoms with Crippen LogP contribution < -0.4 is 11.1 Å². The Morgan fingerprint density at radius 2 is 2.00 bits per heavy atom. The molecule has 24 heavy (non-hydrogen) atoms.